The Labute approximate surface area is 182 Å². The van der Waals surface area contributed by atoms with Gasteiger partial charge in [0.15, 0.2) is 0 Å². The molecule has 0 saturated heterocycles. The van der Waals surface area contributed by atoms with Gasteiger partial charge in [0.1, 0.15) is 23.7 Å². The van der Waals surface area contributed by atoms with Gasteiger partial charge in [-0.2, -0.15) is 0 Å². The van der Waals surface area contributed by atoms with Crippen LogP contribution in [0.25, 0.3) is 11.0 Å². The van der Waals surface area contributed by atoms with E-state index in [2.05, 4.69) is 27.9 Å². The largest absolute Gasteiger partial charge is 0.489 e. The standard InChI is InChI=1S/C22H22INO5/c1-4-27-21(26)10-16-5-6-18(24-14(3)25)11-20(16)28-12-15-8-17-7-13(2)29-22(17)19(23)9-15/h5-9,11H,4,10,12H2,1-3H3,(H,24,25). The molecule has 0 bridgehead atoms. The number of ether oxygens (including phenoxy) is 2. The van der Waals surface area contributed by atoms with Gasteiger partial charge in [-0.25, -0.2) is 0 Å². The molecule has 0 fully saturated rings. The Morgan fingerprint density at radius 1 is 1.17 bits per heavy atom. The summed E-state index contributed by atoms with van der Waals surface area (Å²) in [5.74, 6) is 0.886. The fourth-order valence-corrected chi connectivity index (χ4v) is 3.85. The second-order valence-corrected chi connectivity index (χ2v) is 7.79. The Kier molecular flexibility index (Phi) is 6.79. The van der Waals surface area contributed by atoms with Gasteiger partial charge < -0.3 is 19.2 Å². The summed E-state index contributed by atoms with van der Waals surface area (Å²) in [5.41, 5.74) is 3.15. The SMILES string of the molecule is CCOC(=O)Cc1ccc(NC(C)=O)cc1OCc1cc(I)c2oc(C)cc2c1. The van der Waals surface area contributed by atoms with Gasteiger partial charge in [0.25, 0.3) is 0 Å². The third-order valence-electron chi connectivity index (χ3n) is 4.18. The van der Waals surface area contributed by atoms with E-state index in [1.807, 2.05) is 25.1 Å². The lowest BCUT2D eigenvalue weighted by atomic mass is 10.1. The summed E-state index contributed by atoms with van der Waals surface area (Å²) >= 11 is 2.24. The van der Waals surface area contributed by atoms with Crippen molar-refractivity contribution in [1.29, 1.82) is 0 Å². The molecule has 6 nitrogen and oxygen atoms in total. The number of nitrogens with one attached hydrogen (secondary N) is 1. The van der Waals surface area contributed by atoms with E-state index in [0.717, 1.165) is 25.9 Å². The lowest BCUT2D eigenvalue weighted by molar-refractivity contribution is -0.142. The van der Waals surface area contributed by atoms with Crippen molar-refractivity contribution in [2.75, 3.05) is 11.9 Å². The Morgan fingerprint density at radius 2 is 1.97 bits per heavy atom. The van der Waals surface area contributed by atoms with Crippen LogP contribution in [0.5, 0.6) is 5.75 Å². The molecule has 1 N–H and O–H groups in total. The van der Waals surface area contributed by atoms with Gasteiger partial charge >= 0.3 is 5.97 Å². The maximum atomic E-state index is 11.9. The molecule has 0 unspecified atom stereocenters. The van der Waals surface area contributed by atoms with Crippen LogP contribution in [0.4, 0.5) is 5.69 Å². The molecule has 0 aliphatic heterocycles. The van der Waals surface area contributed by atoms with Crippen LogP contribution in [-0.4, -0.2) is 18.5 Å². The molecular formula is C22H22INO5. The van der Waals surface area contributed by atoms with E-state index >= 15 is 0 Å². The normalized spacial score (nSPS) is 10.8. The van der Waals surface area contributed by atoms with Gasteiger partial charge in [0.05, 0.1) is 16.6 Å². The van der Waals surface area contributed by atoms with Crippen molar-refractivity contribution in [1.82, 2.24) is 0 Å². The molecule has 1 aromatic heterocycles. The summed E-state index contributed by atoms with van der Waals surface area (Å²) in [6.07, 6.45) is 0.0982. The van der Waals surface area contributed by atoms with Crippen LogP contribution >= 0.6 is 22.6 Å². The van der Waals surface area contributed by atoms with E-state index in [0.29, 0.717) is 30.2 Å². The van der Waals surface area contributed by atoms with Crippen LogP contribution < -0.4 is 10.1 Å². The molecule has 3 rings (SSSR count). The molecule has 0 radical (unpaired) electrons. The highest BCUT2D eigenvalue weighted by molar-refractivity contribution is 14.1. The minimum absolute atomic E-state index is 0.0982. The first kappa shape index (κ1) is 21.2. The van der Waals surface area contributed by atoms with Crippen LogP contribution in [0.15, 0.2) is 40.8 Å². The number of amides is 1. The third-order valence-corrected chi connectivity index (χ3v) is 4.98. The van der Waals surface area contributed by atoms with Crippen molar-refractivity contribution in [3.05, 3.63) is 56.9 Å². The predicted octanol–water partition coefficient (Wildman–Crippen LogP) is 4.99. The van der Waals surface area contributed by atoms with E-state index in [4.69, 9.17) is 13.9 Å². The van der Waals surface area contributed by atoms with E-state index < -0.39 is 0 Å². The number of aryl methyl sites for hydroxylation is 1. The number of furan rings is 1. The number of esters is 1. The summed E-state index contributed by atoms with van der Waals surface area (Å²) in [5, 5.41) is 3.76. The summed E-state index contributed by atoms with van der Waals surface area (Å²) in [6.45, 7) is 5.76. The minimum atomic E-state index is -0.325. The lowest BCUT2D eigenvalue weighted by Gasteiger charge is -2.14. The van der Waals surface area contributed by atoms with Crippen molar-refractivity contribution in [3.63, 3.8) is 0 Å². The first-order chi connectivity index (χ1) is 13.9. The molecule has 0 atom stereocenters. The van der Waals surface area contributed by atoms with Crippen molar-refractivity contribution in [2.45, 2.75) is 33.8 Å². The summed E-state index contributed by atoms with van der Waals surface area (Å²) in [4.78, 5) is 23.3. The van der Waals surface area contributed by atoms with Gasteiger partial charge in [-0.05, 0) is 66.3 Å². The molecule has 3 aromatic rings. The zero-order valence-electron chi connectivity index (χ0n) is 16.5. The highest BCUT2D eigenvalue weighted by Crippen LogP contribution is 2.29. The van der Waals surface area contributed by atoms with Crippen molar-refractivity contribution < 1.29 is 23.5 Å². The van der Waals surface area contributed by atoms with E-state index in [9.17, 15) is 9.59 Å². The van der Waals surface area contributed by atoms with Crippen LogP contribution in [-0.2, 0) is 27.4 Å². The van der Waals surface area contributed by atoms with E-state index in [-0.39, 0.29) is 18.3 Å². The summed E-state index contributed by atoms with van der Waals surface area (Å²) in [6, 6.07) is 11.3. The predicted molar refractivity (Wildman–Crippen MR) is 119 cm³/mol. The van der Waals surface area contributed by atoms with Crippen LogP contribution in [0.3, 0.4) is 0 Å². The number of fused-ring (bicyclic) bond motifs is 1. The molecule has 2 aromatic carbocycles. The molecular weight excluding hydrogens is 485 g/mol. The molecule has 0 spiro atoms. The highest BCUT2D eigenvalue weighted by atomic mass is 127. The number of carbonyl (C=O) groups excluding carboxylic acids is 2. The lowest BCUT2D eigenvalue weighted by Crippen LogP contribution is -2.10. The zero-order valence-corrected chi connectivity index (χ0v) is 18.7. The maximum absolute atomic E-state index is 11.9. The van der Waals surface area contributed by atoms with Crippen LogP contribution in [0.1, 0.15) is 30.7 Å². The molecule has 1 heterocycles. The number of carbonyl (C=O) groups is 2. The van der Waals surface area contributed by atoms with Gasteiger partial charge in [-0.1, -0.05) is 6.07 Å². The average Bonchev–Trinajstić information content (AvgIpc) is 3.02. The van der Waals surface area contributed by atoms with Crippen molar-refractivity contribution in [3.8, 4) is 5.75 Å². The first-order valence-electron chi connectivity index (χ1n) is 9.23. The van der Waals surface area contributed by atoms with Crippen LogP contribution in [0, 0.1) is 10.5 Å². The minimum Gasteiger partial charge on any atom is -0.489 e. The molecule has 7 heteroatoms. The summed E-state index contributed by atoms with van der Waals surface area (Å²) < 4.78 is 17.8. The number of hydrogen-bond acceptors (Lipinski definition) is 5. The fraction of sp³-hybridized carbons (Fsp3) is 0.273. The average molecular weight is 507 g/mol. The molecule has 152 valence electrons. The maximum Gasteiger partial charge on any atom is 0.310 e. The topological polar surface area (TPSA) is 77.8 Å². The Bertz CT molecular complexity index is 1060. The number of anilines is 1. The number of benzene rings is 2. The van der Waals surface area contributed by atoms with Gasteiger partial charge in [-0.3, -0.25) is 9.59 Å². The third kappa shape index (κ3) is 5.50. The Morgan fingerprint density at radius 3 is 2.69 bits per heavy atom. The quantitative estimate of drug-likeness (QED) is 0.360. The monoisotopic (exact) mass is 507 g/mol. The molecule has 1 amide bonds. The molecule has 0 aliphatic carbocycles. The fourth-order valence-electron chi connectivity index (χ4n) is 3.03. The number of halogens is 1. The van der Waals surface area contributed by atoms with Crippen molar-refractivity contribution in [2.24, 2.45) is 0 Å². The Balaban J connectivity index is 1.85. The second kappa shape index (κ2) is 9.30. The molecule has 29 heavy (non-hydrogen) atoms. The molecule has 0 aliphatic rings. The zero-order chi connectivity index (χ0) is 21.0. The number of rotatable bonds is 7. The highest BCUT2D eigenvalue weighted by Gasteiger charge is 2.13. The first-order valence-corrected chi connectivity index (χ1v) is 10.3. The number of hydrogen-bond donors (Lipinski definition) is 1. The van der Waals surface area contributed by atoms with Crippen LogP contribution in [0.2, 0.25) is 0 Å². The smallest absolute Gasteiger partial charge is 0.310 e. The second-order valence-electron chi connectivity index (χ2n) is 6.63. The Hall–Kier alpha value is -2.55. The van der Waals surface area contributed by atoms with Crippen molar-refractivity contribution >= 4 is 51.1 Å². The van der Waals surface area contributed by atoms with Gasteiger partial charge in [0, 0.05) is 29.6 Å². The summed E-state index contributed by atoms with van der Waals surface area (Å²) in [7, 11) is 0. The van der Waals surface area contributed by atoms with E-state index in [1.165, 1.54) is 6.92 Å². The van der Waals surface area contributed by atoms with Gasteiger partial charge in [0.2, 0.25) is 5.91 Å². The van der Waals surface area contributed by atoms with E-state index in [1.54, 1.807) is 25.1 Å². The van der Waals surface area contributed by atoms with Gasteiger partial charge in [-0.15, -0.1) is 0 Å². The molecule has 0 saturated carbocycles.